The normalized spacial score (nSPS) is 16.7. The van der Waals surface area contributed by atoms with Crippen molar-refractivity contribution in [1.29, 1.82) is 0 Å². The lowest BCUT2D eigenvalue weighted by atomic mass is 10.1. The van der Waals surface area contributed by atoms with Crippen molar-refractivity contribution < 1.29 is 14.3 Å². The molecule has 1 N–H and O–H groups in total. The fourth-order valence-corrected chi connectivity index (χ4v) is 4.45. The summed E-state index contributed by atoms with van der Waals surface area (Å²) in [6, 6.07) is 19.8. The minimum Gasteiger partial charge on any atom is -0.453 e. The van der Waals surface area contributed by atoms with Gasteiger partial charge in [0.15, 0.2) is 4.80 Å². The van der Waals surface area contributed by atoms with Gasteiger partial charge in [-0.25, -0.2) is 9.79 Å². The third kappa shape index (κ3) is 4.58. The maximum atomic E-state index is 12.0. The molecule has 6 nitrogen and oxygen atoms in total. The maximum absolute atomic E-state index is 12.0. The second-order valence-electron chi connectivity index (χ2n) is 6.74. The first-order valence-electron chi connectivity index (χ1n) is 9.60. The molecule has 2 heterocycles. The number of carbonyl (C=O) groups is 1. The summed E-state index contributed by atoms with van der Waals surface area (Å²) in [6.45, 7) is 1.46. The fourth-order valence-electron chi connectivity index (χ4n) is 3.38. The van der Waals surface area contributed by atoms with Crippen molar-refractivity contribution in [2.75, 3.05) is 19.0 Å². The molecule has 3 aromatic rings. The highest BCUT2D eigenvalue weighted by atomic mass is 32.1. The zero-order chi connectivity index (χ0) is 20.1. The maximum Gasteiger partial charge on any atom is 0.412 e. The lowest BCUT2D eigenvalue weighted by molar-refractivity contribution is 0.0968. The highest BCUT2D eigenvalue weighted by Gasteiger charge is 2.23. The molecule has 1 fully saturated rings. The van der Waals surface area contributed by atoms with Gasteiger partial charge in [-0.2, -0.15) is 0 Å². The number of aromatic nitrogens is 1. The van der Waals surface area contributed by atoms with Crippen LogP contribution in [0, 0.1) is 0 Å². The standard InChI is InChI=1S/C22H23N3O3S/c1-27-22(26)24-20-19(16-9-4-2-5-10-16)25(15-18-13-8-14-28-18)21(29-20)23-17-11-6-3-7-12-17/h2-7,9-12,18H,8,13-15H2,1H3,(H,24,26). The third-order valence-electron chi connectivity index (χ3n) is 4.75. The molecule has 0 aliphatic carbocycles. The molecule has 0 bridgehead atoms. The zero-order valence-electron chi connectivity index (χ0n) is 16.2. The number of hydrogen-bond donors (Lipinski definition) is 1. The number of methoxy groups -OCH3 is 1. The lowest BCUT2D eigenvalue weighted by Crippen LogP contribution is -2.24. The Labute approximate surface area is 173 Å². The Balaban J connectivity index is 1.89. The molecule has 1 aromatic heterocycles. The summed E-state index contributed by atoms with van der Waals surface area (Å²) in [5, 5.41) is 3.57. The van der Waals surface area contributed by atoms with Crippen LogP contribution in [0.4, 0.5) is 15.5 Å². The Hall–Kier alpha value is -2.90. The molecule has 1 saturated heterocycles. The van der Waals surface area contributed by atoms with Crippen LogP contribution in [0.1, 0.15) is 12.8 Å². The Morgan fingerprint density at radius 3 is 2.59 bits per heavy atom. The molecule has 0 spiro atoms. The molecular formula is C22H23N3O3S. The molecular weight excluding hydrogens is 386 g/mol. The van der Waals surface area contributed by atoms with Gasteiger partial charge >= 0.3 is 6.09 Å². The van der Waals surface area contributed by atoms with Gasteiger partial charge in [0.25, 0.3) is 0 Å². The molecule has 0 radical (unpaired) electrons. The smallest absolute Gasteiger partial charge is 0.412 e. The molecule has 29 heavy (non-hydrogen) atoms. The Kier molecular flexibility index (Phi) is 6.07. The molecule has 4 rings (SSSR count). The minimum absolute atomic E-state index is 0.132. The van der Waals surface area contributed by atoms with Gasteiger partial charge in [-0.05, 0) is 25.0 Å². The largest absolute Gasteiger partial charge is 0.453 e. The van der Waals surface area contributed by atoms with Crippen LogP contribution in [0.25, 0.3) is 11.3 Å². The van der Waals surface area contributed by atoms with Gasteiger partial charge in [0.2, 0.25) is 0 Å². The molecule has 1 unspecified atom stereocenters. The highest BCUT2D eigenvalue weighted by molar-refractivity contribution is 7.14. The molecule has 1 atom stereocenters. The number of para-hydroxylation sites is 1. The van der Waals surface area contributed by atoms with E-state index in [1.54, 1.807) is 0 Å². The highest BCUT2D eigenvalue weighted by Crippen LogP contribution is 2.32. The Morgan fingerprint density at radius 1 is 1.21 bits per heavy atom. The molecule has 0 saturated carbocycles. The van der Waals surface area contributed by atoms with Crippen LogP contribution >= 0.6 is 11.3 Å². The third-order valence-corrected chi connectivity index (χ3v) is 5.74. The van der Waals surface area contributed by atoms with Crippen molar-refractivity contribution in [1.82, 2.24) is 4.57 Å². The van der Waals surface area contributed by atoms with E-state index in [9.17, 15) is 4.79 Å². The Morgan fingerprint density at radius 2 is 1.93 bits per heavy atom. The molecule has 1 amide bonds. The van der Waals surface area contributed by atoms with Crippen LogP contribution in [-0.4, -0.2) is 30.5 Å². The van der Waals surface area contributed by atoms with Gasteiger partial charge < -0.3 is 14.0 Å². The average molecular weight is 410 g/mol. The molecule has 1 aliphatic rings. The predicted molar refractivity (Wildman–Crippen MR) is 114 cm³/mol. The van der Waals surface area contributed by atoms with Crippen LogP contribution in [0.3, 0.4) is 0 Å². The van der Waals surface area contributed by atoms with Gasteiger partial charge in [-0.3, -0.25) is 5.32 Å². The summed E-state index contributed by atoms with van der Waals surface area (Å²) < 4.78 is 12.9. The van der Waals surface area contributed by atoms with Crippen LogP contribution in [0.15, 0.2) is 65.7 Å². The number of hydrogen-bond acceptors (Lipinski definition) is 5. The summed E-state index contributed by atoms with van der Waals surface area (Å²) in [6.07, 6.45) is 1.71. The van der Waals surface area contributed by atoms with Crippen molar-refractivity contribution in [2.45, 2.75) is 25.5 Å². The van der Waals surface area contributed by atoms with Crippen LogP contribution < -0.4 is 10.1 Å². The number of anilines is 1. The van der Waals surface area contributed by atoms with Gasteiger partial charge in [-0.1, -0.05) is 59.9 Å². The summed E-state index contributed by atoms with van der Waals surface area (Å²) in [4.78, 5) is 17.7. The minimum atomic E-state index is -0.501. The second kappa shape index (κ2) is 9.07. The SMILES string of the molecule is COC(=O)Nc1sc(=Nc2ccccc2)n(CC2CCCO2)c1-c1ccccc1. The number of nitrogens with zero attached hydrogens (tertiary/aromatic N) is 2. The number of rotatable bonds is 5. The van der Waals surface area contributed by atoms with E-state index in [0.29, 0.717) is 11.5 Å². The summed E-state index contributed by atoms with van der Waals surface area (Å²) in [5.74, 6) is 0. The van der Waals surface area contributed by atoms with Crippen molar-refractivity contribution in [3.8, 4) is 11.3 Å². The van der Waals surface area contributed by atoms with E-state index < -0.39 is 6.09 Å². The predicted octanol–water partition coefficient (Wildman–Crippen LogP) is 4.81. The summed E-state index contributed by atoms with van der Waals surface area (Å²) in [5.41, 5.74) is 2.77. The Bertz CT molecular complexity index is 1020. The number of amides is 1. The van der Waals surface area contributed by atoms with Crippen molar-refractivity contribution >= 4 is 28.1 Å². The molecule has 7 heteroatoms. The quantitative estimate of drug-likeness (QED) is 0.658. The first-order valence-corrected chi connectivity index (χ1v) is 10.4. The van der Waals surface area contributed by atoms with Gasteiger partial charge in [0, 0.05) is 12.2 Å². The van der Waals surface area contributed by atoms with E-state index in [0.717, 1.165) is 41.2 Å². The number of carbonyl (C=O) groups excluding carboxylic acids is 1. The monoisotopic (exact) mass is 409 g/mol. The van der Waals surface area contributed by atoms with Crippen LogP contribution in [0.5, 0.6) is 0 Å². The second-order valence-corrected chi connectivity index (χ2v) is 7.72. The van der Waals surface area contributed by atoms with E-state index >= 15 is 0 Å². The van der Waals surface area contributed by atoms with Gasteiger partial charge in [0.1, 0.15) is 5.00 Å². The van der Waals surface area contributed by atoms with Crippen molar-refractivity contribution in [2.24, 2.45) is 4.99 Å². The van der Waals surface area contributed by atoms with E-state index in [4.69, 9.17) is 14.5 Å². The fraction of sp³-hybridized carbons (Fsp3) is 0.273. The van der Waals surface area contributed by atoms with Crippen LogP contribution in [-0.2, 0) is 16.0 Å². The number of thiazole rings is 1. The first-order chi connectivity index (χ1) is 14.2. The van der Waals surface area contributed by atoms with E-state index in [-0.39, 0.29) is 6.10 Å². The first kappa shape index (κ1) is 19.4. The number of ether oxygens (including phenoxy) is 2. The van der Waals surface area contributed by atoms with Crippen molar-refractivity contribution in [3.05, 3.63) is 65.5 Å². The van der Waals surface area contributed by atoms with Gasteiger partial charge in [0.05, 0.1) is 31.1 Å². The van der Waals surface area contributed by atoms with E-state index in [1.165, 1.54) is 18.4 Å². The number of nitrogens with one attached hydrogen (secondary N) is 1. The van der Waals surface area contributed by atoms with Crippen LogP contribution in [0.2, 0.25) is 0 Å². The molecule has 150 valence electrons. The topological polar surface area (TPSA) is 64.8 Å². The van der Waals surface area contributed by atoms with E-state index in [2.05, 4.69) is 9.88 Å². The zero-order valence-corrected chi connectivity index (χ0v) is 17.0. The van der Waals surface area contributed by atoms with Crippen molar-refractivity contribution in [3.63, 3.8) is 0 Å². The van der Waals surface area contributed by atoms with E-state index in [1.807, 2.05) is 60.7 Å². The summed E-state index contributed by atoms with van der Waals surface area (Å²) in [7, 11) is 1.36. The lowest BCUT2D eigenvalue weighted by Gasteiger charge is -2.15. The molecule has 2 aromatic carbocycles. The average Bonchev–Trinajstić information content (AvgIpc) is 3.38. The van der Waals surface area contributed by atoms with Gasteiger partial charge in [-0.15, -0.1) is 0 Å². The summed E-state index contributed by atoms with van der Waals surface area (Å²) >= 11 is 1.43. The molecule has 1 aliphatic heterocycles. The number of benzene rings is 2.